The molecule has 0 N–H and O–H groups in total. The van der Waals surface area contributed by atoms with Gasteiger partial charge in [0.2, 0.25) is 0 Å². The number of aryl methyl sites for hydroxylation is 2. The summed E-state index contributed by atoms with van der Waals surface area (Å²) in [6.45, 7) is 3.37. The number of hydrogen-bond donors (Lipinski definition) is 1. The number of thiol groups is 1. The van der Waals surface area contributed by atoms with Crippen molar-refractivity contribution in [2.75, 3.05) is 5.75 Å². The van der Waals surface area contributed by atoms with Crippen LogP contribution >= 0.6 is 10.9 Å². The zero-order valence-corrected chi connectivity index (χ0v) is 12.1. The Hall–Kier alpha value is -0.960. The Morgan fingerprint density at radius 1 is 1.17 bits per heavy atom. The molecule has 3 heteroatoms. The molecule has 0 saturated carbocycles. The molecule has 0 atom stereocenters. The lowest BCUT2D eigenvalue weighted by atomic mass is 10.2. The molecule has 1 aromatic heterocycles. The molecular formula is C15H24N2S. The van der Waals surface area contributed by atoms with Gasteiger partial charge in [-0.2, -0.15) is 0 Å². The fourth-order valence-electron chi connectivity index (χ4n) is 2.20. The zero-order valence-electron chi connectivity index (χ0n) is 11.3. The van der Waals surface area contributed by atoms with Crippen molar-refractivity contribution in [1.82, 2.24) is 9.55 Å². The van der Waals surface area contributed by atoms with E-state index in [1.165, 1.54) is 37.3 Å². The van der Waals surface area contributed by atoms with E-state index in [9.17, 15) is 0 Å². The van der Waals surface area contributed by atoms with E-state index < -0.39 is 0 Å². The Bertz CT molecular complexity index is 394. The molecule has 2 heterocycles. The number of aromatic nitrogens is 2. The van der Waals surface area contributed by atoms with Crippen molar-refractivity contribution >= 4 is 10.9 Å². The largest absolute Gasteiger partial charge is 0.335 e. The summed E-state index contributed by atoms with van der Waals surface area (Å²) in [6.07, 6.45) is 14.7. The Morgan fingerprint density at radius 3 is 2.78 bits per heavy atom. The first-order chi connectivity index (χ1) is 8.90. The van der Waals surface area contributed by atoms with Gasteiger partial charge < -0.3 is 4.57 Å². The molecule has 0 unspecified atom stereocenters. The molecule has 1 aliphatic rings. The Balaban J connectivity index is 1.67. The summed E-state index contributed by atoms with van der Waals surface area (Å²) in [5.74, 6) is 2.62. The maximum absolute atomic E-state index is 4.45. The molecule has 0 bridgehead atoms. The Labute approximate surface area is 113 Å². The zero-order chi connectivity index (χ0) is 12.6. The highest BCUT2D eigenvalue weighted by Crippen LogP contribution is 2.33. The minimum absolute atomic E-state index is 0.0828. The van der Waals surface area contributed by atoms with E-state index >= 15 is 0 Å². The van der Waals surface area contributed by atoms with Crippen LogP contribution < -0.4 is 0 Å². The summed E-state index contributed by atoms with van der Waals surface area (Å²) in [6, 6.07) is 0. The number of imidazole rings is 1. The van der Waals surface area contributed by atoms with Crippen LogP contribution in [0.2, 0.25) is 0 Å². The van der Waals surface area contributed by atoms with E-state index in [1.807, 2.05) is 6.20 Å². The molecule has 100 valence electrons. The van der Waals surface area contributed by atoms with E-state index in [0.717, 1.165) is 13.0 Å². The van der Waals surface area contributed by atoms with Gasteiger partial charge in [0.05, 0.1) is 0 Å². The first kappa shape index (κ1) is 13.5. The molecule has 18 heavy (non-hydrogen) atoms. The van der Waals surface area contributed by atoms with E-state index in [2.05, 4.69) is 45.6 Å². The summed E-state index contributed by atoms with van der Waals surface area (Å²) in [5, 5.41) is 4.72. The third-order valence-corrected chi connectivity index (χ3v) is 5.23. The van der Waals surface area contributed by atoms with Gasteiger partial charge in [-0.15, -0.1) is 0 Å². The van der Waals surface area contributed by atoms with E-state index in [4.69, 9.17) is 0 Å². The van der Waals surface area contributed by atoms with Gasteiger partial charge in [0, 0.05) is 25.4 Å². The van der Waals surface area contributed by atoms with E-state index in [1.54, 1.807) is 0 Å². The predicted octanol–water partition coefficient (Wildman–Crippen LogP) is 4.05. The first-order valence-electron chi connectivity index (χ1n) is 7.01. The van der Waals surface area contributed by atoms with Crippen LogP contribution in [-0.2, 0) is 13.0 Å². The Morgan fingerprint density at radius 2 is 2.00 bits per heavy atom. The van der Waals surface area contributed by atoms with Crippen molar-refractivity contribution in [3.05, 3.63) is 41.2 Å². The molecule has 2 nitrogen and oxygen atoms in total. The molecule has 0 radical (unpaired) electrons. The maximum atomic E-state index is 4.45. The van der Waals surface area contributed by atoms with Crippen LogP contribution in [0.4, 0.5) is 0 Å². The monoisotopic (exact) mass is 264 g/mol. The Kier molecular flexibility index (Phi) is 5.59. The molecule has 2 rings (SSSR count). The number of rotatable bonds is 8. The SMILES string of the molecule is CCCCc1nccn1CCCC[SH]1C=CC=C1. The van der Waals surface area contributed by atoms with Crippen LogP contribution in [0.5, 0.6) is 0 Å². The molecule has 1 aliphatic heterocycles. The van der Waals surface area contributed by atoms with Crippen LogP contribution in [0, 0.1) is 0 Å². The summed E-state index contributed by atoms with van der Waals surface area (Å²) >= 11 is 0. The average molecular weight is 264 g/mol. The lowest BCUT2D eigenvalue weighted by Gasteiger charge is -2.11. The molecule has 0 saturated heterocycles. The van der Waals surface area contributed by atoms with Crippen LogP contribution in [-0.4, -0.2) is 15.3 Å². The lowest BCUT2D eigenvalue weighted by molar-refractivity contribution is 0.593. The fraction of sp³-hybridized carbons (Fsp3) is 0.533. The van der Waals surface area contributed by atoms with Gasteiger partial charge in [0.15, 0.2) is 0 Å². The summed E-state index contributed by atoms with van der Waals surface area (Å²) in [4.78, 5) is 4.45. The van der Waals surface area contributed by atoms with Crippen molar-refractivity contribution in [2.24, 2.45) is 0 Å². The summed E-state index contributed by atoms with van der Waals surface area (Å²) in [7, 11) is 0.0828. The number of unbranched alkanes of at least 4 members (excludes halogenated alkanes) is 2. The number of nitrogens with zero attached hydrogens (tertiary/aromatic N) is 2. The van der Waals surface area contributed by atoms with E-state index in [-0.39, 0.29) is 10.9 Å². The van der Waals surface area contributed by atoms with Gasteiger partial charge in [0.1, 0.15) is 5.82 Å². The quantitative estimate of drug-likeness (QED) is 0.554. The smallest absolute Gasteiger partial charge is 0.108 e. The van der Waals surface area contributed by atoms with Gasteiger partial charge in [-0.3, -0.25) is 0 Å². The first-order valence-corrected chi connectivity index (χ1v) is 8.67. The average Bonchev–Trinajstić information content (AvgIpc) is 3.03. The minimum atomic E-state index is 0.0828. The summed E-state index contributed by atoms with van der Waals surface area (Å²) in [5.41, 5.74) is 0. The van der Waals surface area contributed by atoms with Gasteiger partial charge in [-0.05, 0) is 35.8 Å². The standard InChI is InChI=1S/C15H24N2S/c1-2-3-8-15-16-9-11-17(15)10-4-5-12-18-13-6-7-14-18/h6-7,9,11,13-14,18H,2-5,8,10,12H2,1H3. The van der Waals surface area contributed by atoms with Crippen molar-refractivity contribution in [1.29, 1.82) is 0 Å². The lowest BCUT2D eigenvalue weighted by Crippen LogP contribution is -2.03. The van der Waals surface area contributed by atoms with Crippen LogP contribution in [0.1, 0.15) is 38.4 Å². The fourth-order valence-corrected chi connectivity index (χ4v) is 3.83. The highest BCUT2D eigenvalue weighted by molar-refractivity contribution is 8.22. The highest BCUT2D eigenvalue weighted by Gasteiger charge is 2.03. The van der Waals surface area contributed by atoms with Crippen LogP contribution in [0.25, 0.3) is 0 Å². The predicted molar refractivity (Wildman–Crippen MR) is 82.2 cm³/mol. The van der Waals surface area contributed by atoms with Crippen molar-refractivity contribution in [2.45, 2.75) is 45.6 Å². The third kappa shape index (κ3) is 4.05. The second kappa shape index (κ2) is 7.47. The van der Waals surface area contributed by atoms with Crippen molar-refractivity contribution in [3.8, 4) is 0 Å². The molecular weight excluding hydrogens is 240 g/mol. The van der Waals surface area contributed by atoms with Crippen molar-refractivity contribution in [3.63, 3.8) is 0 Å². The topological polar surface area (TPSA) is 17.8 Å². The molecule has 0 amide bonds. The molecule has 0 spiro atoms. The van der Waals surface area contributed by atoms with Crippen molar-refractivity contribution < 1.29 is 0 Å². The highest BCUT2D eigenvalue weighted by atomic mass is 32.2. The number of hydrogen-bond acceptors (Lipinski definition) is 1. The van der Waals surface area contributed by atoms with Crippen LogP contribution in [0.15, 0.2) is 35.4 Å². The van der Waals surface area contributed by atoms with Gasteiger partial charge in [0.25, 0.3) is 0 Å². The minimum Gasteiger partial charge on any atom is -0.335 e. The van der Waals surface area contributed by atoms with Gasteiger partial charge in [-0.1, -0.05) is 25.5 Å². The van der Waals surface area contributed by atoms with Crippen LogP contribution in [0.3, 0.4) is 0 Å². The second-order valence-corrected chi connectivity index (χ2v) is 6.84. The second-order valence-electron chi connectivity index (χ2n) is 4.77. The molecule has 1 aromatic rings. The van der Waals surface area contributed by atoms with Gasteiger partial charge >= 0.3 is 0 Å². The number of allylic oxidation sites excluding steroid dienone is 2. The molecule has 0 aromatic carbocycles. The third-order valence-electron chi connectivity index (χ3n) is 3.29. The van der Waals surface area contributed by atoms with E-state index in [0.29, 0.717) is 0 Å². The molecule has 0 fully saturated rings. The normalized spacial score (nSPS) is 15.7. The maximum Gasteiger partial charge on any atom is 0.108 e. The summed E-state index contributed by atoms with van der Waals surface area (Å²) < 4.78 is 2.34. The van der Waals surface area contributed by atoms with Gasteiger partial charge in [-0.25, -0.2) is 15.9 Å². The molecule has 0 aliphatic carbocycles.